The van der Waals surface area contributed by atoms with Crippen molar-refractivity contribution in [3.63, 3.8) is 0 Å². The van der Waals surface area contributed by atoms with Crippen LogP contribution >= 0.6 is 11.8 Å². The van der Waals surface area contributed by atoms with Crippen LogP contribution in [0.15, 0.2) is 10.6 Å². The predicted molar refractivity (Wildman–Crippen MR) is 96.1 cm³/mol. The van der Waals surface area contributed by atoms with Crippen LogP contribution in [0.4, 0.5) is 0 Å². The number of aliphatic carboxylic acids is 1. The van der Waals surface area contributed by atoms with Crippen LogP contribution in [-0.2, 0) is 14.4 Å². The highest BCUT2D eigenvalue weighted by molar-refractivity contribution is 8.03. The Kier molecular flexibility index (Phi) is 5.06. The third kappa shape index (κ3) is 2.91. The van der Waals surface area contributed by atoms with Gasteiger partial charge in [0.15, 0.2) is 0 Å². The average molecular weight is 383 g/mol. The number of carboxylic acid groups (broad SMARTS) is 1. The van der Waals surface area contributed by atoms with Crippen molar-refractivity contribution >= 4 is 29.5 Å². The smallest absolute Gasteiger partial charge is 0.353 e. The lowest BCUT2D eigenvalue weighted by molar-refractivity contribution is -0.163. The molecule has 3 aliphatic heterocycles. The molecule has 9 heteroatoms. The minimum Gasteiger partial charge on any atom is -0.477 e. The standard InChI is InChI=1S/C17H25N3O5S/c1-7-12-11(8(2)21)16(23)20(12)13(17(24)25)14(7)26-9-5-10(18-6-9)15(22)19(3)4/h7-12,18,21H,5-6H2,1-4H3,(H,24,25)/t7-,8?,9+,10+,11?,12-/m1/s1. The minimum absolute atomic E-state index is 0.00757. The zero-order valence-electron chi connectivity index (χ0n) is 15.3. The number of thioether (sulfide) groups is 1. The maximum atomic E-state index is 12.3. The van der Waals surface area contributed by atoms with Crippen molar-refractivity contribution in [2.24, 2.45) is 11.8 Å². The average Bonchev–Trinajstić information content (AvgIpc) is 3.09. The number of carbonyl (C=O) groups excluding carboxylic acids is 2. The number of carboxylic acids is 1. The molecule has 0 aromatic carbocycles. The Morgan fingerprint density at radius 2 is 2.04 bits per heavy atom. The van der Waals surface area contributed by atoms with Crippen molar-refractivity contribution in [2.45, 2.75) is 43.7 Å². The fourth-order valence-electron chi connectivity index (χ4n) is 4.15. The largest absolute Gasteiger partial charge is 0.477 e. The first-order chi connectivity index (χ1) is 12.1. The van der Waals surface area contributed by atoms with E-state index in [1.807, 2.05) is 6.92 Å². The van der Waals surface area contributed by atoms with Gasteiger partial charge >= 0.3 is 5.97 Å². The summed E-state index contributed by atoms with van der Waals surface area (Å²) in [6, 6.07) is -0.568. The second kappa shape index (κ2) is 6.86. The number of likely N-dealkylation sites (N-methyl/N-ethyl adjacent to an activating group) is 1. The highest BCUT2D eigenvalue weighted by Crippen LogP contribution is 2.51. The highest BCUT2D eigenvalue weighted by Gasteiger charge is 2.60. The van der Waals surface area contributed by atoms with Gasteiger partial charge in [-0.25, -0.2) is 4.79 Å². The van der Waals surface area contributed by atoms with Crippen molar-refractivity contribution in [1.82, 2.24) is 15.1 Å². The van der Waals surface area contributed by atoms with Crippen LogP contribution in [0.5, 0.6) is 0 Å². The Morgan fingerprint density at radius 1 is 1.38 bits per heavy atom. The van der Waals surface area contributed by atoms with Crippen molar-refractivity contribution < 1.29 is 24.6 Å². The quantitative estimate of drug-likeness (QED) is 0.559. The molecule has 3 rings (SSSR count). The molecule has 0 aromatic rings. The Bertz CT molecular complexity index is 677. The first kappa shape index (κ1) is 19.2. The molecular weight excluding hydrogens is 358 g/mol. The third-order valence-corrected chi connectivity index (χ3v) is 6.95. The minimum atomic E-state index is -1.12. The molecule has 3 N–H and O–H groups in total. The van der Waals surface area contributed by atoms with Gasteiger partial charge in [0, 0.05) is 36.7 Å². The van der Waals surface area contributed by atoms with Gasteiger partial charge in [0.25, 0.3) is 0 Å². The number of hydrogen-bond acceptors (Lipinski definition) is 6. The lowest BCUT2D eigenvalue weighted by Crippen LogP contribution is -2.63. The summed E-state index contributed by atoms with van der Waals surface area (Å²) in [5.41, 5.74) is 0.0387. The predicted octanol–water partition coefficient (Wildman–Crippen LogP) is -0.308. The first-order valence-corrected chi connectivity index (χ1v) is 9.62. The fourth-order valence-corrected chi connectivity index (χ4v) is 5.63. The van der Waals surface area contributed by atoms with Gasteiger partial charge in [-0.05, 0) is 13.3 Å². The third-order valence-electron chi connectivity index (χ3n) is 5.43. The monoisotopic (exact) mass is 383 g/mol. The summed E-state index contributed by atoms with van der Waals surface area (Å²) in [4.78, 5) is 39.8. The molecule has 0 radical (unpaired) electrons. The van der Waals surface area contributed by atoms with Crippen LogP contribution < -0.4 is 5.32 Å². The zero-order valence-corrected chi connectivity index (χ0v) is 16.1. The number of β-lactam (4-membered cyclic amide) rings is 1. The number of nitrogens with one attached hydrogen (secondary N) is 1. The summed E-state index contributed by atoms with van der Waals surface area (Å²) in [5.74, 6) is -2.14. The van der Waals surface area contributed by atoms with E-state index in [-0.39, 0.29) is 40.8 Å². The number of rotatable bonds is 5. The van der Waals surface area contributed by atoms with E-state index in [0.717, 1.165) is 0 Å². The molecule has 2 fully saturated rings. The molecule has 0 spiro atoms. The van der Waals surface area contributed by atoms with Crippen LogP contribution in [0, 0.1) is 11.8 Å². The SMILES string of the molecule is CC(O)C1C(=O)N2C(C(=O)O)=C(S[C@@H]3CN[C@H](C(=O)N(C)C)C3)[C@H](C)[C@H]12. The lowest BCUT2D eigenvalue weighted by Gasteiger charge is -2.46. The Labute approximate surface area is 156 Å². The summed E-state index contributed by atoms with van der Waals surface area (Å²) >= 11 is 1.45. The van der Waals surface area contributed by atoms with E-state index < -0.39 is 18.0 Å². The molecule has 3 heterocycles. The van der Waals surface area contributed by atoms with E-state index in [1.54, 1.807) is 25.9 Å². The van der Waals surface area contributed by atoms with Gasteiger partial charge < -0.3 is 25.3 Å². The van der Waals surface area contributed by atoms with Crippen LogP contribution in [0.3, 0.4) is 0 Å². The molecule has 6 atom stereocenters. The van der Waals surface area contributed by atoms with E-state index in [2.05, 4.69) is 5.32 Å². The molecule has 2 unspecified atom stereocenters. The molecular formula is C17H25N3O5S. The first-order valence-electron chi connectivity index (χ1n) is 8.75. The summed E-state index contributed by atoms with van der Waals surface area (Å²) in [7, 11) is 3.42. The molecule has 2 saturated heterocycles. The van der Waals surface area contributed by atoms with Crippen molar-refractivity contribution in [1.29, 1.82) is 0 Å². The number of carbonyl (C=O) groups is 3. The molecule has 0 bridgehead atoms. The number of nitrogens with zero attached hydrogens (tertiary/aromatic N) is 2. The van der Waals surface area contributed by atoms with Crippen molar-refractivity contribution in [2.75, 3.05) is 20.6 Å². The molecule has 0 aliphatic carbocycles. The second-order valence-corrected chi connectivity index (χ2v) is 8.78. The van der Waals surface area contributed by atoms with E-state index >= 15 is 0 Å². The fraction of sp³-hybridized carbons (Fsp3) is 0.706. The molecule has 2 amide bonds. The maximum Gasteiger partial charge on any atom is 0.353 e. The van der Waals surface area contributed by atoms with Crippen molar-refractivity contribution in [3.05, 3.63) is 10.6 Å². The van der Waals surface area contributed by atoms with Gasteiger partial charge in [0.05, 0.1) is 24.1 Å². The van der Waals surface area contributed by atoms with Gasteiger partial charge in [-0.3, -0.25) is 9.59 Å². The van der Waals surface area contributed by atoms with E-state index in [0.29, 0.717) is 17.9 Å². The zero-order chi connectivity index (χ0) is 19.3. The van der Waals surface area contributed by atoms with E-state index in [1.165, 1.54) is 16.7 Å². The lowest BCUT2D eigenvalue weighted by atomic mass is 9.79. The summed E-state index contributed by atoms with van der Waals surface area (Å²) in [6.07, 6.45) is -0.190. The number of aliphatic hydroxyl groups is 1. The number of hydrogen-bond donors (Lipinski definition) is 3. The summed E-state index contributed by atoms with van der Waals surface area (Å²) in [6.45, 7) is 4.08. The van der Waals surface area contributed by atoms with E-state index in [9.17, 15) is 24.6 Å². The molecule has 8 nitrogen and oxygen atoms in total. The molecule has 0 aromatic heterocycles. The molecule has 144 valence electrons. The Balaban J connectivity index is 1.78. The second-order valence-electron chi connectivity index (χ2n) is 7.44. The number of amides is 2. The topological polar surface area (TPSA) is 110 Å². The van der Waals surface area contributed by atoms with Crippen LogP contribution in [0.25, 0.3) is 0 Å². The molecule has 3 aliphatic rings. The Morgan fingerprint density at radius 3 is 2.58 bits per heavy atom. The Hall–Kier alpha value is -1.58. The van der Waals surface area contributed by atoms with Gasteiger partial charge in [0.1, 0.15) is 5.70 Å². The van der Waals surface area contributed by atoms with Gasteiger partial charge in [0.2, 0.25) is 11.8 Å². The van der Waals surface area contributed by atoms with Gasteiger partial charge in [-0.2, -0.15) is 0 Å². The normalized spacial score (nSPS) is 34.6. The number of aliphatic hydroxyl groups excluding tert-OH is 1. The van der Waals surface area contributed by atoms with Crippen molar-refractivity contribution in [3.8, 4) is 0 Å². The van der Waals surface area contributed by atoms with Gasteiger partial charge in [-0.1, -0.05) is 6.92 Å². The number of fused-ring (bicyclic) bond motifs is 1. The maximum absolute atomic E-state index is 12.3. The highest BCUT2D eigenvalue weighted by atomic mass is 32.2. The molecule has 0 saturated carbocycles. The van der Waals surface area contributed by atoms with Gasteiger partial charge in [-0.15, -0.1) is 11.8 Å². The van der Waals surface area contributed by atoms with Crippen LogP contribution in [-0.4, -0.2) is 81.9 Å². The van der Waals surface area contributed by atoms with E-state index in [4.69, 9.17) is 0 Å². The molecule has 26 heavy (non-hydrogen) atoms. The summed E-state index contributed by atoms with van der Waals surface area (Å²) in [5, 5.41) is 22.8. The van der Waals surface area contributed by atoms with Crippen LogP contribution in [0.2, 0.25) is 0 Å². The summed E-state index contributed by atoms with van der Waals surface area (Å²) < 4.78 is 0. The van der Waals surface area contributed by atoms with Crippen LogP contribution in [0.1, 0.15) is 20.3 Å².